The van der Waals surface area contributed by atoms with E-state index in [1.807, 2.05) is 26.0 Å². The average Bonchev–Trinajstić information content (AvgIpc) is 3.32. The van der Waals surface area contributed by atoms with Gasteiger partial charge in [-0.3, -0.25) is 0 Å². The fourth-order valence-corrected chi connectivity index (χ4v) is 3.70. The summed E-state index contributed by atoms with van der Waals surface area (Å²) in [7, 11) is -3.17. The van der Waals surface area contributed by atoms with Crippen LogP contribution in [0.3, 0.4) is 0 Å². The second-order valence-corrected chi connectivity index (χ2v) is 8.56. The Hall–Kier alpha value is -0.830. The van der Waals surface area contributed by atoms with Gasteiger partial charge in [-0.2, -0.15) is 0 Å². The summed E-state index contributed by atoms with van der Waals surface area (Å²) in [5.41, 5.74) is 1.78. The summed E-state index contributed by atoms with van der Waals surface area (Å²) in [4.78, 5) is 4.98. The molecule has 0 spiro atoms. The van der Waals surface area contributed by atoms with Crippen molar-refractivity contribution in [2.45, 2.75) is 51.0 Å². The zero-order valence-electron chi connectivity index (χ0n) is 15.3. The van der Waals surface area contributed by atoms with Crippen molar-refractivity contribution in [1.29, 1.82) is 0 Å². The van der Waals surface area contributed by atoms with Crippen molar-refractivity contribution in [3.05, 3.63) is 29.3 Å². The van der Waals surface area contributed by atoms with Gasteiger partial charge >= 0.3 is 0 Å². The highest BCUT2D eigenvalue weighted by Gasteiger charge is 2.19. The maximum Gasteiger partial charge on any atom is 0.191 e. The third-order valence-corrected chi connectivity index (χ3v) is 5.44. The second-order valence-electron chi connectivity index (χ2n) is 6.58. The van der Waals surface area contributed by atoms with Gasteiger partial charge in [-0.25, -0.2) is 13.4 Å². The van der Waals surface area contributed by atoms with E-state index in [1.165, 1.54) is 31.9 Å². The predicted molar refractivity (Wildman–Crippen MR) is 114 cm³/mol. The summed E-state index contributed by atoms with van der Waals surface area (Å²) in [5.74, 6) is 1.78. The van der Waals surface area contributed by atoms with Crippen molar-refractivity contribution in [3.8, 4) is 0 Å². The van der Waals surface area contributed by atoms with E-state index in [0.717, 1.165) is 36.1 Å². The lowest BCUT2D eigenvalue weighted by Crippen LogP contribution is -2.37. The molecule has 2 N–H and O–H groups in total. The van der Waals surface area contributed by atoms with E-state index in [1.54, 1.807) is 6.07 Å². The molecular weight excluding hydrogens is 449 g/mol. The van der Waals surface area contributed by atoms with Crippen molar-refractivity contribution in [2.75, 3.05) is 19.3 Å². The molecule has 1 aliphatic rings. The Bertz CT molecular complexity index is 686. The Labute approximate surface area is 169 Å². The van der Waals surface area contributed by atoms with Gasteiger partial charge in [0.25, 0.3) is 0 Å². The number of rotatable bonds is 8. The summed E-state index contributed by atoms with van der Waals surface area (Å²) in [5, 5.41) is 6.62. The Morgan fingerprint density at radius 1 is 1.28 bits per heavy atom. The Kier molecular flexibility index (Phi) is 9.20. The molecule has 1 saturated carbocycles. The van der Waals surface area contributed by atoms with Gasteiger partial charge in [-0.05, 0) is 49.8 Å². The zero-order valence-corrected chi connectivity index (χ0v) is 18.5. The summed E-state index contributed by atoms with van der Waals surface area (Å²) in [6.45, 7) is 6.16. The van der Waals surface area contributed by atoms with E-state index in [-0.39, 0.29) is 24.0 Å². The molecule has 0 atom stereocenters. The monoisotopic (exact) mass is 479 g/mol. The standard InChI is InChI=1S/C18H29N3O2S.HI/c1-4-19-18(20-11-5-6-15-7-8-15)21-13-16-9-10-17(14(2)12-16)24(3,22)23;/h9-10,12,15H,4-8,11,13H2,1-3H3,(H2,19,20,21);1H. The molecular formula is C18H30IN3O2S. The van der Waals surface area contributed by atoms with E-state index in [2.05, 4.69) is 15.6 Å². The molecule has 0 bridgehead atoms. The van der Waals surface area contributed by atoms with Gasteiger partial charge in [0.1, 0.15) is 0 Å². The van der Waals surface area contributed by atoms with Crippen LogP contribution >= 0.6 is 24.0 Å². The number of hydrogen-bond donors (Lipinski definition) is 2. The van der Waals surface area contributed by atoms with Gasteiger partial charge in [-0.1, -0.05) is 25.0 Å². The van der Waals surface area contributed by atoms with Crippen LogP contribution in [0.15, 0.2) is 28.1 Å². The van der Waals surface area contributed by atoms with Gasteiger partial charge in [-0.15, -0.1) is 24.0 Å². The Morgan fingerprint density at radius 2 is 2.00 bits per heavy atom. The quantitative estimate of drug-likeness (QED) is 0.260. The molecule has 0 heterocycles. The van der Waals surface area contributed by atoms with Crippen molar-refractivity contribution in [3.63, 3.8) is 0 Å². The summed E-state index contributed by atoms with van der Waals surface area (Å²) < 4.78 is 23.3. The van der Waals surface area contributed by atoms with Crippen molar-refractivity contribution < 1.29 is 8.42 Å². The summed E-state index contributed by atoms with van der Waals surface area (Å²) in [6, 6.07) is 5.41. The highest BCUT2D eigenvalue weighted by atomic mass is 127. The third kappa shape index (κ3) is 7.94. The minimum absolute atomic E-state index is 0. The van der Waals surface area contributed by atoms with E-state index in [9.17, 15) is 8.42 Å². The first-order chi connectivity index (χ1) is 11.4. The number of halogens is 1. The third-order valence-electron chi connectivity index (χ3n) is 4.18. The maximum atomic E-state index is 11.7. The van der Waals surface area contributed by atoms with Gasteiger partial charge in [0.05, 0.1) is 11.4 Å². The number of nitrogens with one attached hydrogen (secondary N) is 2. The van der Waals surface area contributed by atoms with Crippen LogP contribution in [-0.2, 0) is 16.4 Å². The highest BCUT2D eigenvalue weighted by Crippen LogP contribution is 2.33. The van der Waals surface area contributed by atoms with Crippen molar-refractivity contribution >= 4 is 39.8 Å². The summed E-state index contributed by atoms with van der Waals surface area (Å²) in [6.07, 6.45) is 6.52. The van der Waals surface area contributed by atoms with Crippen LogP contribution in [0.4, 0.5) is 0 Å². The van der Waals surface area contributed by atoms with Gasteiger partial charge < -0.3 is 10.6 Å². The molecule has 25 heavy (non-hydrogen) atoms. The molecule has 7 heteroatoms. The van der Waals surface area contributed by atoms with Crippen LogP contribution in [0, 0.1) is 12.8 Å². The smallest absolute Gasteiger partial charge is 0.191 e. The molecule has 1 aromatic carbocycles. The number of nitrogens with zero attached hydrogens (tertiary/aromatic N) is 1. The second kappa shape index (κ2) is 10.4. The number of benzene rings is 1. The van der Waals surface area contributed by atoms with Crippen LogP contribution in [0.1, 0.15) is 43.7 Å². The SMILES string of the molecule is CCNC(=NCc1ccc(S(C)(=O)=O)c(C)c1)NCCCC1CC1.I. The number of aliphatic imine (C=N–C) groups is 1. The van der Waals surface area contributed by atoms with Crippen LogP contribution in [0.25, 0.3) is 0 Å². The zero-order chi connectivity index (χ0) is 17.6. The number of sulfone groups is 1. The van der Waals surface area contributed by atoms with Crippen LogP contribution in [0.2, 0.25) is 0 Å². The van der Waals surface area contributed by atoms with E-state index >= 15 is 0 Å². The van der Waals surface area contributed by atoms with E-state index in [0.29, 0.717) is 11.4 Å². The lowest BCUT2D eigenvalue weighted by Gasteiger charge is -2.11. The van der Waals surface area contributed by atoms with Gasteiger partial charge in [0.15, 0.2) is 15.8 Å². The van der Waals surface area contributed by atoms with Crippen LogP contribution in [-0.4, -0.2) is 33.7 Å². The predicted octanol–water partition coefficient (Wildman–Crippen LogP) is 3.26. The Balaban J connectivity index is 0.00000312. The molecule has 1 fully saturated rings. The van der Waals surface area contributed by atoms with Crippen molar-refractivity contribution in [1.82, 2.24) is 10.6 Å². The van der Waals surface area contributed by atoms with Crippen LogP contribution < -0.4 is 10.6 Å². The topological polar surface area (TPSA) is 70.6 Å². The van der Waals surface area contributed by atoms with Crippen molar-refractivity contribution in [2.24, 2.45) is 10.9 Å². The molecule has 0 saturated heterocycles. The Morgan fingerprint density at radius 3 is 2.56 bits per heavy atom. The van der Waals surface area contributed by atoms with E-state index < -0.39 is 9.84 Å². The first-order valence-corrected chi connectivity index (χ1v) is 10.6. The molecule has 1 aromatic rings. The summed E-state index contributed by atoms with van der Waals surface area (Å²) >= 11 is 0. The normalized spacial score (nSPS) is 14.8. The number of hydrogen-bond acceptors (Lipinski definition) is 3. The largest absolute Gasteiger partial charge is 0.357 e. The molecule has 0 amide bonds. The lowest BCUT2D eigenvalue weighted by molar-refractivity contribution is 0.601. The molecule has 0 aliphatic heterocycles. The highest BCUT2D eigenvalue weighted by molar-refractivity contribution is 14.0. The minimum Gasteiger partial charge on any atom is -0.357 e. The average molecular weight is 479 g/mol. The number of aryl methyl sites for hydroxylation is 1. The lowest BCUT2D eigenvalue weighted by atomic mass is 10.1. The molecule has 0 aromatic heterocycles. The molecule has 0 radical (unpaired) electrons. The fourth-order valence-electron chi connectivity index (χ4n) is 2.74. The first-order valence-electron chi connectivity index (χ1n) is 8.72. The first kappa shape index (κ1) is 22.2. The van der Waals surface area contributed by atoms with E-state index in [4.69, 9.17) is 0 Å². The molecule has 5 nitrogen and oxygen atoms in total. The fraction of sp³-hybridized carbons (Fsp3) is 0.611. The molecule has 2 rings (SSSR count). The van der Waals surface area contributed by atoms with Crippen LogP contribution in [0.5, 0.6) is 0 Å². The molecule has 142 valence electrons. The maximum absolute atomic E-state index is 11.7. The number of guanidine groups is 1. The van der Waals surface area contributed by atoms with Gasteiger partial charge in [0, 0.05) is 19.3 Å². The molecule has 1 aliphatic carbocycles. The minimum atomic E-state index is -3.17. The van der Waals surface area contributed by atoms with Gasteiger partial charge in [0.2, 0.25) is 0 Å². The molecule has 0 unspecified atom stereocenters.